The minimum Gasteiger partial charge on any atom is -0.494 e. The van der Waals surface area contributed by atoms with Crippen molar-refractivity contribution in [2.45, 2.75) is 13.0 Å². The first-order valence-corrected chi connectivity index (χ1v) is 5.02. The predicted octanol–water partition coefficient (Wildman–Crippen LogP) is 0.850. The number of ether oxygens (including phenoxy) is 1. The summed E-state index contributed by atoms with van der Waals surface area (Å²) in [7, 11) is 0. The van der Waals surface area contributed by atoms with Crippen LogP contribution in [0.2, 0.25) is 0 Å². The second-order valence-electron chi connectivity index (χ2n) is 3.18. The summed E-state index contributed by atoms with van der Waals surface area (Å²) in [6, 6.07) is 7.48. The Balaban J connectivity index is 2.50. The monoisotopic (exact) mass is 211 g/mol. The number of rotatable bonds is 6. The van der Waals surface area contributed by atoms with Crippen LogP contribution in [0.4, 0.5) is 5.69 Å². The first kappa shape index (κ1) is 11.8. The third-order valence-electron chi connectivity index (χ3n) is 1.90. The van der Waals surface area contributed by atoms with Gasteiger partial charge in [-0.05, 0) is 19.1 Å². The molecule has 84 valence electrons. The van der Waals surface area contributed by atoms with Gasteiger partial charge >= 0.3 is 0 Å². The van der Waals surface area contributed by atoms with Crippen LogP contribution in [0, 0.1) is 0 Å². The molecule has 0 fully saturated rings. The van der Waals surface area contributed by atoms with Crippen molar-refractivity contribution in [3.8, 4) is 5.75 Å². The van der Waals surface area contributed by atoms with Gasteiger partial charge in [0.05, 0.1) is 19.3 Å². The van der Waals surface area contributed by atoms with E-state index in [1.807, 2.05) is 31.2 Å². The van der Waals surface area contributed by atoms with E-state index in [4.69, 9.17) is 14.9 Å². The molecule has 1 rings (SSSR count). The molecule has 1 unspecified atom stereocenters. The topological polar surface area (TPSA) is 61.7 Å². The molecule has 4 nitrogen and oxygen atoms in total. The minimum atomic E-state index is -0.735. The zero-order valence-electron chi connectivity index (χ0n) is 8.81. The largest absolute Gasteiger partial charge is 0.494 e. The van der Waals surface area contributed by atoms with Gasteiger partial charge in [-0.1, -0.05) is 6.07 Å². The fourth-order valence-corrected chi connectivity index (χ4v) is 1.16. The Hall–Kier alpha value is -1.26. The molecular weight excluding hydrogens is 194 g/mol. The van der Waals surface area contributed by atoms with Gasteiger partial charge in [-0.15, -0.1) is 0 Å². The van der Waals surface area contributed by atoms with Gasteiger partial charge in [-0.2, -0.15) is 0 Å². The average Bonchev–Trinajstić information content (AvgIpc) is 2.27. The van der Waals surface area contributed by atoms with Crippen molar-refractivity contribution >= 4 is 5.69 Å². The minimum absolute atomic E-state index is 0.238. The van der Waals surface area contributed by atoms with E-state index in [-0.39, 0.29) is 6.61 Å². The summed E-state index contributed by atoms with van der Waals surface area (Å²) in [6.45, 7) is 2.64. The molecule has 4 heteroatoms. The van der Waals surface area contributed by atoms with Crippen LogP contribution in [0.15, 0.2) is 24.3 Å². The van der Waals surface area contributed by atoms with Crippen LogP contribution >= 0.6 is 0 Å². The summed E-state index contributed by atoms with van der Waals surface area (Å²) < 4.78 is 5.33. The van der Waals surface area contributed by atoms with Gasteiger partial charge in [0.25, 0.3) is 0 Å². The Morgan fingerprint density at radius 1 is 1.47 bits per heavy atom. The number of hydrogen-bond acceptors (Lipinski definition) is 4. The van der Waals surface area contributed by atoms with Gasteiger partial charge in [0.2, 0.25) is 0 Å². The highest BCUT2D eigenvalue weighted by molar-refractivity contribution is 5.48. The number of anilines is 1. The van der Waals surface area contributed by atoms with E-state index < -0.39 is 6.10 Å². The zero-order valence-corrected chi connectivity index (χ0v) is 8.81. The molecule has 1 atom stereocenters. The number of nitrogens with one attached hydrogen (secondary N) is 1. The van der Waals surface area contributed by atoms with Gasteiger partial charge in [0.15, 0.2) is 0 Å². The highest BCUT2D eigenvalue weighted by atomic mass is 16.5. The Labute approximate surface area is 89.5 Å². The van der Waals surface area contributed by atoms with Gasteiger partial charge in [-0.25, -0.2) is 0 Å². The van der Waals surface area contributed by atoms with E-state index in [9.17, 15) is 0 Å². The van der Waals surface area contributed by atoms with Gasteiger partial charge < -0.3 is 20.3 Å². The third-order valence-corrected chi connectivity index (χ3v) is 1.90. The number of aliphatic hydroxyl groups is 2. The number of aliphatic hydroxyl groups excluding tert-OH is 2. The van der Waals surface area contributed by atoms with Crippen LogP contribution in [-0.4, -0.2) is 36.1 Å². The van der Waals surface area contributed by atoms with Crippen molar-refractivity contribution < 1.29 is 14.9 Å². The first-order chi connectivity index (χ1) is 7.26. The molecule has 0 aromatic heterocycles. The van der Waals surface area contributed by atoms with Crippen molar-refractivity contribution in [1.29, 1.82) is 0 Å². The highest BCUT2D eigenvalue weighted by Gasteiger charge is 2.01. The number of hydrogen-bond donors (Lipinski definition) is 3. The molecule has 0 spiro atoms. The van der Waals surface area contributed by atoms with E-state index in [1.165, 1.54) is 0 Å². The van der Waals surface area contributed by atoms with Gasteiger partial charge in [0.1, 0.15) is 5.75 Å². The summed E-state index contributed by atoms with van der Waals surface area (Å²) in [5.41, 5.74) is 0.869. The fraction of sp³-hybridized carbons (Fsp3) is 0.455. The SMILES string of the molecule is CCOc1cccc(NCC(O)CO)c1. The van der Waals surface area contributed by atoms with Crippen LogP contribution in [0.5, 0.6) is 5.75 Å². The second kappa shape index (κ2) is 6.27. The van der Waals surface area contributed by atoms with Crippen LogP contribution in [0.3, 0.4) is 0 Å². The Morgan fingerprint density at radius 3 is 2.93 bits per heavy atom. The molecule has 15 heavy (non-hydrogen) atoms. The molecule has 0 heterocycles. The van der Waals surface area contributed by atoms with E-state index >= 15 is 0 Å². The Morgan fingerprint density at radius 2 is 2.27 bits per heavy atom. The lowest BCUT2D eigenvalue weighted by Crippen LogP contribution is -2.22. The molecule has 0 bridgehead atoms. The maximum absolute atomic E-state index is 9.15. The Bertz CT molecular complexity index is 291. The normalized spacial score (nSPS) is 12.2. The van der Waals surface area contributed by atoms with Crippen molar-refractivity contribution in [3.63, 3.8) is 0 Å². The fourth-order valence-electron chi connectivity index (χ4n) is 1.16. The molecule has 0 radical (unpaired) electrons. The molecule has 1 aromatic carbocycles. The maximum Gasteiger partial charge on any atom is 0.121 e. The molecule has 1 aromatic rings. The molecular formula is C11H17NO3. The Kier molecular flexibility index (Phi) is 4.93. The quantitative estimate of drug-likeness (QED) is 0.653. The second-order valence-corrected chi connectivity index (χ2v) is 3.18. The third kappa shape index (κ3) is 4.18. The standard InChI is InChI=1S/C11H17NO3/c1-2-15-11-5-3-4-9(6-11)12-7-10(14)8-13/h3-6,10,12-14H,2,7-8H2,1H3. The molecule has 0 saturated heterocycles. The zero-order chi connectivity index (χ0) is 11.1. The maximum atomic E-state index is 9.15. The van der Waals surface area contributed by atoms with Crippen molar-refractivity contribution in [1.82, 2.24) is 0 Å². The van der Waals surface area contributed by atoms with E-state index in [1.54, 1.807) is 0 Å². The first-order valence-electron chi connectivity index (χ1n) is 5.02. The highest BCUT2D eigenvalue weighted by Crippen LogP contribution is 2.16. The van der Waals surface area contributed by atoms with Gasteiger partial charge in [0, 0.05) is 18.3 Å². The summed E-state index contributed by atoms with van der Waals surface area (Å²) in [5.74, 6) is 0.793. The lowest BCUT2D eigenvalue weighted by molar-refractivity contribution is 0.105. The molecule has 0 saturated carbocycles. The summed E-state index contributed by atoms with van der Waals surface area (Å²) >= 11 is 0. The van der Waals surface area contributed by atoms with E-state index in [2.05, 4.69) is 5.32 Å². The molecule has 0 amide bonds. The molecule has 3 N–H and O–H groups in total. The smallest absolute Gasteiger partial charge is 0.121 e. The van der Waals surface area contributed by atoms with E-state index in [0.29, 0.717) is 13.2 Å². The van der Waals surface area contributed by atoms with Crippen molar-refractivity contribution in [2.24, 2.45) is 0 Å². The number of benzene rings is 1. The molecule has 0 aliphatic heterocycles. The average molecular weight is 211 g/mol. The van der Waals surface area contributed by atoms with Gasteiger partial charge in [-0.3, -0.25) is 0 Å². The van der Waals surface area contributed by atoms with Crippen LogP contribution in [0.1, 0.15) is 6.92 Å². The van der Waals surface area contributed by atoms with Crippen LogP contribution in [0.25, 0.3) is 0 Å². The lowest BCUT2D eigenvalue weighted by atomic mass is 10.3. The van der Waals surface area contributed by atoms with Crippen molar-refractivity contribution in [2.75, 3.05) is 25.1 Å². The summed E-state index contributed by atoms with van der Waals surface area (Å²) in [5, 5.41) is 20.8. The van der Waals surface area contributed by atoms with E-state index in [0.717, 1.165) is 11.4 Å². The molecule has 0 aliphatic carbocycles. The molecule has 0 aliphatic rings. The summed E-state index contributed by atoms with van der Waals surface area (Å²) in [6.07, 6.45) is -0.735. The van der Waals surface area contributed by atoms with Crippen LogP contribution < -0.4 is 10.1 Å². The van der Waals surface area contributed by atoms with Crippen molar-refractivity contribution in [3.05, 3.63) is 24.3 Å². The summed E-state index contributed by atoms with van der Waals surface area (Å²) in [4.78, 5) is 0. The van der Waals surface area contributed by atoms with Crippen LogP contribution in [-0.2, 0) is 0 Å². The lowest BCUT2D eigenvalue weighted by Gasteiger charge is -2.11. The predicted molar refractivity (Wildman–Crippen MR) is 59.2 cm³/mol.